The quantitative estimate of drug-likeness (QED) is 0.728. The molecular formula is C15H21ClN6O2S. The van der Waals surface area contributed by atoms with Gasteiger partial charge in [-0.25, -0.2) is 4.98 Å². The second kappa shape index (κ2) is 8.24. The molecule has 25 heavy (non-hydrogen) atoms. The van der Waals surface area contributed by atoms with Gasteiger partial charge in [-0.1, -0.05) is 0 Å². The van der Waals surface area contributed by atoms with E-state index < -0.39 is 0 Å². The molecule has 10 heteroatoms. The third-order valence-electron chi connectivity index (χ3n) is 4.28. The highest BCUT2D eigenvalue weighted by atomic mass is 35.5. The predicted octanol–water partition coefficient (Wildman–Crippen LogP) is 1.02. The summed E-state index contributed by atoms with van der Waals surface area (Å²) in [6.07, 6.45) is 0.872. The third kappa shape index (κ3) is 4.18. The Bertz CT molecular complexity index is 727. The molecule has 0 unspecified atom stereocenters. The van der Waals surface area contributed by atoms with Gasteiger partial charge in [0, 0.05) is 55.8 Å². The Morgan fingerprint density at radius 1 is 1.40 bits per heavy atom. The highest BCUT2D eigenvalue weighted by molar-refractivity contribution is 7.13. The van der Waals surface area contributed by atoms with E-state index in [-0.39, 0.29) is 18.3 Å². The van der Waals surface area contributed by atoms with Crippen LogP contribution in [0.15, 0.2) is 5.38 Å². The molecule has 4 heterocycles. The Labute approximate surface area is 155 Å². The normalized spacial score (nSPS) is 17.6. The summed E-state index contributed by atoms with van der Waals surface area (Å²) in [4.78, 5) is 19.3. The Balaban J connectivity index is 0.00000182. The van der Waals surface area contributed by atoms with Crippen LogP contribution in [0.5, 0.6) is 0 Å². The Morgan fingerprint density at radius 2 is 2.24 bits per heavy atom. The molecule has 1 saturated heterocycles. The Hall–Kier alpha value is -1.52. The van der Waals surface area contributed by atoms with Gasteiger partial charge in [-0.3, -0.25) is 20.1 Å². The molecule has 1 fully saturated rings. The van der Waals surface area contributed by atoms with Crippen molar-refractivity contribution in [1.82, 2.24) is 25.4 Å². The van der Waals surface area contributed by atoms with Gasteiger partial charge < -0.3 is 10.1 Å². The Kier molecular flexibility index (Phi) is 6.02. The summed E-state index contributed by atoms with van der Waals surface area (Å²) in [7, 11) is 0. The van der Waals surface area contributed by atoms with E-state index in [4.69, 9.17) is 4.74 Å². The summed E-state index contributed by atoms with van der Waals surface area (Å²) < 4.78 is 5.35. The van der Waals surface area contributed by atoms with Gasteiger partial charge in [0.2, 0.25) is 0 Å². The molecule has 0 atom stereocenters. The van der Waals surface area contributed by atoms with Crippen LogP contribution in [-0.2, 0) is 24.2 Å². The zero-order valence-corrected chi connectivity index (χ0v) is 15.3. The average molecular weight is 385 g/mol. The van der Waals surface area contributed by atoms with E-state index in [1.54, 1.807) is 0 Å². The average Bonchev–Trinajstić information content (AvgIpc) is 3.22. The largest absolute Gasteiger partial charge is 0.379 e. The van der Waals surface area contributed by atoms with Gasteiger partial charge >= 0.3 is 0 Å². The number of hydrogen-bond acceptors (Lipinski definition) is 7. The molecule has 0 bridgehead atoms. The van der Waals surface area contributed by atoms with Crippen LogP contribution in [0.25, 0.3) is 0 Å². The second-order valence-corrected chi connectivity index (χ2v) is 6.80. The van der Waals surface area contributed by atoms with Crippen molar-refractivity contribution < 1.29 is 9.53 Å². The highest BCUT2D eigenvalue weighted by Crippen LogP contribution is 2.20. The fraction of sp³-hybridized carbons (Fsp3) is 0.533. The zero-order chi connectivity index (χ0) is 16.4. The third-order valence-corrected chi connectivity index (χ3v) is 5.09. The van der Waals surface area contributed by atoms with Crippen LogP contribution in [0.2, 0.25) is 0 Å². The fourth-order valence-electron chi connectivity index (χ4n) is 2.99. The molecular weight excluding hydrogens is 364 g/mol. The van der Waals surface area contributed by atoms with Crippen molar-refractivity contribution in [2.24, 2.45) is 0 Å². The van der Waals surface area contributed by atoms with Gasteiger partial charge in [0.15, 0.2) is 10.8 Å². The van der Waals surface area contributed by atoms with E-state index in [1.807, 2.05) is 5.38 Å². The molecule has 0 spiro atoms. The summed E-state index contributed by atoms with van der Waals surface area (Å²) in [5.74, 6) is -0.205. The van der Waals surface area contributed by atoms with Gasteiger partial charge in [0.05, 0.1) is 18.9 Å². The molecule has 2 aromatic rings. The molecule has 0 aliphatic carbocycles. The molecule has 0 radical (unpaired) electrons. The lowest BCUT2D eigenvalue weighted by Crippen LogP contribution is -2.35. The number of morpholine rings is 1. The molecule has 0 aromatic carbocycles. The molecule has 4 rings (SSSR count). The van der Waals surface area contributed by atoms with Gasteiger partial charge in [-0.05, 0) is 0 Å². The number of nitrogens with one attached hydrogen (secondary N) is 3. The number of nitrogens with zero attached hydrogens (tertiary/aromatic N) is 3. The Morgan fingerprint density at radius 3 is 3.08 bits per heavy atom. The number of carbonyl (C=O) groups is 1. The lowest BCUT2D eigenvalue weighted by molar-refractivity contribution is 0.0337. The van der Waals surface area contributed by atoms with Crippen molar-refractivity contribution in [2.45, 2.75) is 19.5 Å². The maximum Gasteiger partial charge on any atom is 0.278 e. The van der Waals surface area contributed by atoms with Crippen LogP contribution in [0, 0.1) is 0 Å². The van der Waals surface area contributed by atoms with E-state index in [0.717, 1.165) is 62.8 Å². The first-order valence-electron chi connectivity index (χ1n) is 8.12. The molecule has 0 saturated carbocycles. The summed E-state index contributed by atoms with van der Waals surface area (Å²) in [5, 5.41) is 15.9. The minimum Gasteiger partial charge on any atom is -0.379 e. The topological polar surface area (TPSA) is 95.2 Å². The van der Waals surface area contributed by atoms with Gasteiger partial charge in [0.1, 0.15) is 0 Å². The van der Waals surface area contributed by atoms with Crippen LogP contribution < -0.4 is 10.6 Å². The van der Waals surface area contributed by atoms with Crippen LogP contribution >= 0.6 is 23.7 Å². The van der Waals surface area contributed by atoms with E-state index in [2.05, 4.69) is 30.7 Å². The van der Waals surface area contributed by atoms with Crippen LogP contribution in [0.1, 0.15) is 27.4 Å². The number of H-pyrrole nitrogens is 1. The highest BCUT2D eigenvalue weighted by Gasteiger charge is 2.22. The monoisotopic (exact) mass is 384 g/mol. The first-order valence-corrected chi connectivity index (χ1v) is 9.00. The van der Waals surface area contributed by atoms with Crippen molar-refractivity contribution in [3.8, 4) is 0 Å². The van der Waals surface area contributed by atoms with Crippen LogP contribution in [0.4, 0.5) is 5.13 Å². The minimum absolute atomic E-state index is 0. The predicted molar refractivity (Wildman–Crippen MR) is 97.4 cm³/mol. The second-order valence-electron chi connectivity index (χ2n) is 5.94. The molecule has 3 N–H and O–H groups in total. The maximum absolute atomic E-state index is 12.5. The zero-order valence-electron chi connectivity index (χ0n) is 13.7. The van der Waals surface area contributed by atoms with E-state index >= 15 is 0 Å². The number of amides is 1. The summed E-state index contributed by atoms with van der Waals surface area (Å²) in [5.41, 5.74) is 3.44. The van der Waals surface area contributed by atoms with Crippen LogP contribution in [-0.4, -0.2) is 58.8 Å². The molecule has 8 nitrogen and oxygen atoms in total. The number of rotatable bonds is 4. The van der Waals surface area contributed by atoms with E-state index in [1.165, 1.54) is 11.3 Å². The SMILES string of the molecule is Cl.O=C(Nc1nc(CN2CCOCC2)cs1)c1n[nH]c2c1CNCC2. The number of aromatic amines is 1. The lowest BCUT2D eigenvalue weighted by atomic mass is 10.1. The first kappa shape index (κ1) is 18.3. The van der Waals surface area contributed by atoms with Gasteiger partial charge in [0.25, 0.3) is 5.91 Å². The number of hydrogen-bond donors (Lipinski definition) is 3. The lowest BCUT2D eigenvalue weighted by Gasteiger charge is -2.25. The number of fused-ring (bicyclic) bond motifs is 1. The van der Waals surface area contributed by atoms with Crippen molar-refractivity contribution in [2.75, 3.05) is 38.2 Å². The van der Waals surface area contributed by atoms with Gasteiger partial charge in [-0.15, -0.1) is 23.7 Å². The van der Waals surface area contributed by atoms with E-state index in [0.29, 0.717) is 17.4 Å². The summed E-state index contributed by atoms with van der Waals surface area (Å²) in [6, 6.07) is 0. The van der Waals surface area contributed by atoms with Gasteiger partial charge in [-0.2, -0.15) is 5.10 Å². The number of thiazole rings is 1. The number of aromatic nitrogens is 3. The van der Waals surface area contributed by atoms with Crippen molar-refractivity contribution in [3.63, 3.8) is 0 Å². The number of ether oxygens (including phenoxy) is 1. The maximum atomic E-state index is 12.5. The minimum atomic E-state index is -0.205. The molecule has 1 amide bonds. The molecule has 2 aliphatic rings. The smallest absolute Gasteiger partial charge is 0.278 e. The standard InChI is InChI=1S/C15H20N6O2S.ClH/c22-14(13-11-7-16-2-1-12(11)19-20-13)18-15-17-10(9-24-15)8-21-3-5-23-6-4-21;/h9,16H,1-8H2,(H,19,20)(H,17,18,22);1H. The summed E-state index contributed by atoms with van der Waals surface area (Å²) in [6.45, 7) is 5.76. The first-order chi connectivity index (χ1) is 11.8. The number of halogens is 1. The van der Waals surface area contributed by atoms with Crippen molar-refractivity contribution >= 4 is 34.8 Å². The molecule has 136 valence electrons. The van der Waals surface area contributed by atoms with Crippen LogP contribution in [0.3, 0.4) is 0 Å². The number of carbonyl (C=O) groups excluding carboxylic acids is 1. The summed E-state index contributed by atoms with van der Waals surface area (Å²) >= 11 is 1.45. The van der Waals surface area contributed by atoms with E-state index in [9.17, 15) is 4.79 Å². The number of anilines is 1. The molecule has 2 aliphatic heterocycles. The van der Waals surface area contributed by atoms with Crippen molar-refractivity contribution in [1.29, 1.82) is 0 Å². The molecule has 2 aromatic heterocycles. The van der Waals surface area contributed by atoms with Crippen molar-refractivity contribution in [3.05, 3.63) is 28.0 Å². The fourth-order valence-corrected chi connectivity index (χ4v) is 3.69.